The molecule has 0 bridgehead atoms. The van der Waals surface area contributed by atoms with Crippen LogP contribution in [0.15, 0.2) is 29.2 Å². The minimum atomic E-state index is -3.46. The van der Waals surface area contributed by atoms with Gasteiger partial charge in [-0.1, -0.05) is 32.4 Å². The Morgan fingerprint density at radius 2 is 1.71 bits per heavy atom. The summed E-state index contributed by atoms with van der Waals surface area (Å²) >= 11 is 0. The van der Waals surface area contributed by atoms with Crippen molar-refractivity contribution in [1.82, 2.24) is 9.21 Å². The Kier molecular flexibility index (Phi) is 4.97. The second-order valence-electron chi connectivity index (χ2n) is 6.94. The molecule has 5 nitrogen and oxygen atoms in total. The Balaban J connectivity index is 1.63. The normalized spacial score (nSPS) is 24.8. The number of carbonyl (C=O) groups excluding carboxylic acids is 1. The van der Waals surface area contributed by atoms with Crippen LogP contribution in [0.25, 0.3) is 0 Å². The van der Waals surface area contributed by atoms with Gasteiger partial charge < -0.3 is 4.90 Å². The summed E-state index contributed by atoms with van der Waals surface area (Å²) in [6.45, 7) is 5.95. The van der Waals surface area contributed by atoms with Crippen molar-refractivity contribution < 1.29 is 13.2 Å². The molecule has 6 heteroatoms. The molecular weight excluding hydrogens is 324 g/mol. The average molecular weight is 350 g/mol. The highest BCUT2D eigenvalue weighted by Gasteiger charge is 2.42. The molecule has 1 saturated heterocycles. The zero-order valence-electron chi connectivity index (χ0n) is 14.4. The van der Waals surface area contributed by atoms with E-state index in [1.54, 1.807) is 12.1 Å². The van der Waals surface area contributed by atoms with Gasteiger partial charge in [0.15, 0.2) is 0 Å². The summed E-state index contributed by atoms with van der Waals surface area (Å²) in [6, 6.07) is 7.18. The van der Waals surface area contributed by atoms with E-state index in [-0.39, 0.29) is 11.8 Å². The summed E-state index contributed by atoms with van der Waals surface area (Å²) in [4.78, 5) is 14.4. The van der Waals surface area contributed by atoms with Crippen LogP contribution < -0.4 is 0 Å². The van der Waals surface area contributed by atoms with Crippen LogP contribution in [-0.4, -0.2) is 49.7 Å². The highest BCUT2D eigenvalue weighted by molar-refractivity contribution is 7.89. The molecule has 0 aromatic heterocycles. The quantitative estimate of drug-likeness (QED) is 0.817. The van der Waals surface area contributed by atoms with Gasteiger partial charge >= 0.3 is 0 Å². The van der Waals surface area contributed by atoms with Crippen LogP contribution in [0, 0.1) is 11.8 Å². The van der Waals surface area contributed by atoms with Gasteiger partial charge in [-0.3, -0.25) is 4.79 Å². The molecule has 0 radical (unpaired) electrons. The van der Waals surface area contributed by atoms with Crippen molar-refractivity contribution in [2.45, 2.75) is 38.0 Å². The van der Waals surface area contributed by atoms with Crippen molar-refractivity contribution in [3.63, 3.8) is 0 Å². The van der Waals surface area contributed by atoms with Gasteiger partial charge in [0, 0.05) is 32.1 Å². The zero-order chi connectivity index (χ0) is 17.3. The predicted octanol–water partition coefficient (Wildman–Crippen LogP) is 2.13. The fraction of sp³-hybridized carbons (Fsp3) is 0.611. The molecule has 1 aromatic carbocycles. The molecule has 24 heavy (non-hydrogen) atoms. The molecule has 0 spiro atoms. The Morgan fingerprint density at radius 3 is 2.21 bits per heavy atom. The number of carbonyl (C=O) groups is 1. The van der Waals surface area contributed by atoms with Crippen molar-refractivity contribution in [1.29, 1.82) is 0 Å². The van der Waals surface area contributed by atoms with Crippen LogP contribution in [0.1, 0.15) is 32.3 Å². The molecule has 0 N–H and O–H groups in total. The number of rotatable bonds is 5. The summed E-state index contributed by atoms with van der Waals surface area (Å²) in [6.07, 6.45) is 2.98. The summed E-state index contributed by atoms with van der Waals surface area (Å²) < 4.78 is 27.0. The van der Waals surface area contributed by atoms with E-state index in [0.29, 0.717) is 37.0 Å². The number of amides is 1. The van der Waals surface area contributed by atoms with Crippen LogP contribution in [-0.2, 0) is 21.2 Å². The topological polar surface area (TPSA) is 57.7 Å². The summed E-state index contributed by atoms with van der Waals surface area (Å²) in [7, 11) is -3.46. The van der Waals surface area contributed by atoms with Crippen LogP contribution in [0.4, 0.5) is 0 Å². The number of sulfonamides is 1. The van der Waals surface area contributed by atoms with Crippen molar-refractivity contribution in [3.05, 3.63) is 29.8 Å². The van der Waals surface area contributed by atoms with E-state index in [0.717, 1.165) is 24.8 Å². The van der Waals surface area contributed by atoms with Gasteiger partial charge in [-0.15, -0.1) is 0 Å². The maximum absolute atomic E-state index is 12.8. The Hall–Kier alpha value is -1.40. The second kappa shape index (κ2) is 6.84. The number of benzene rings is 1. The van der Waals surface area contributed by atoms with Gasteiger partial charge in [0.1, 0.15) is 0 Å². The lowest BCUT2D eigenvalue weighted by Gasteiger charge is -2.34. The lowest BCUT2D eigenvalue weighted by Crippen LogP contribution is -2.51. The molecule has 2 atom stereocenters. The molecule has 0 unspecified atom stereocenters. The zero-order valence-corrected chi connectivity index (χ0v) is 15.3. The number of nitrogens with zero attached hydrogens (tertiary/aromatic N) is 2. The molecule has 1 heterocycles. The number of hydrogen-bond donors (Lipinski definition) is 0. The molecule has 132 valence electrons. The van der Waals surface area contributed by atoms with Crippen LogP contribution in [0.3, 0.4) is 0 Å². The smallest absolute Gasteiger partial charge is 0.243 e. The van der Waals surface area contributed by atoms with Crippen molar-refractivity contribution in [2.75, 3.05) is 26.2 Å². The molecule has 2 fully saturated rings. The SMILES string of the molecule is CCCc1ccc(S(=O)(=O)N2CCN(C(=O)[C@H]3C[C@@H]3C)CC2)cc1. The van der Waals surface area contributed by atoms with E-state index in [9.17, 15) is 13.2 Å². The largest absolute Gasteiger partial charge is 0.340 e. The van der Waals surface area contributed by atoms with Gasteiger partial charge in [-0.25, -0.2) is 8.42 Å². The van der Waals surface area contributed by atoms with Crippen molar-refractivity contribution >= 4 is 15.9 Å². The Bertz CT molecular complexity index is 691. The minimum absolute atomic E-state index is 0.166. The van der Waals surface area contributed by atoms with Crippen molar-refractivity contribution in [2.24, 2.45) is 11.8 Å². The van der Waals surface area contributed by atoms with E-state index in [4.69, 9.17) is 0 Å². The predicted molar refractivity (Wildman–Crippen MR) is 93.0 cm³/mol. The summed E-state index contributed by atoms with van der Waals surface area (Å²) in [5, 5.41) is 0. The minimum Gasteiger partial charge on any atom is -0.340 e. The second-order valence-corrected chi connectivity index (χ2v) is 8.88. The first-order chi connectivity index (χ1) is 11.4. The molecular formula is C18H26N2O3S. The average Bonchev–Trinajstić information content (AvgIpc) is 3.32. The fourth-order valence-corrected chi connectivity index (χ4v) is 4.74. The Labute approximate surface area is 144 Å². The van der Waals surface area contributed by atoms with Crippen LogP contribution in [0.2, 0.25) is 0 Å². The van der Waals surface area contributed by atoms with Gasteiger partial charge in [0.2, 0.25) is 15.9 Å². The molecule has 1 amide bonds. The van der Waals surface area contributed by atoms with E-state index in [1.807, 2.05) is 17.0 Å². The third-order valence-electron chi connectivity index (χ3n) is 5.08. The molecule has 1 aromatic rings. The van der Waals surface area contributed by atoms with E-state index in [2.05, 4.69) is 13.8 Å². The molecule has 1 saturated carbocycles. The summed E-state index contributed by atoms with van der Waals surface area (Å²) in [5.74, 6) is 0.851. The molecule has 2 aliphatic rings. The standard InChI is InChI=1S/C18H26N2O3S/c1-3-4-15-5-7-16(8-6-15)24(22,23)20-11-9-19(10-12-20)18(21)17-13-14(17)2/h5-8,14,17H,3-4,9-13H2,1-2H3/t14-,17-/m0/s1. The first-order valence-electron chi connectivity index (χ1n) is 8.81. The first kappa shape index (κ1) is 17.4. The maximum Gasteiger partial charge on any atom is 0.243 e. The van der Waals surface area contributed by atoms with Crippen LogP contribution in [0.5, 0.6) is 0 Å². The van der Waals surface area contributed by atoms with Crippen LogP contribution >= 0.6 is 0 Å². The van der Waals surface area contributed by atoms with Gasteiger partial charge in [0.25, 0.3) is 0 Å². The van der Waals surface area contributed by atoms with E-state index < -0.39 is 10.0 Å². The molecule has 1 aliphatic carbocycles. The third kappa shape index (κ3) is 3.49. The lowest BCUT2D eigenvalue weighted by atomic mass is 10.1. The lowest BCUT2D eigenvalue weighted by molar-refractivity contribution is -0.134. The van der Waals surface area contributed by atoms with Gasteiger partial charge in [-0.05, 0) is 36.5 Å². The highest BCUT2D eigenvalue weighted by Crippen LogP contribution is 2.39. The van der Waals surface area contributed by atoms with Gasteiger partial charge in [0.05, 0.1) is 4.90 Å². The Morgan fingerprint density at radius 1 is 1.12 bits per heavy atom. The fourth-order valence-electron chi connectivity index (χ4n) is 3.32. The summed E-state index contributed by atoms with van der Waals surface area (Å²) in [5.41, 5.74) is 1.16. The van der Waals surface area contributed by atoms with E-state index in [1.165, 1.54) is 4.31 Å². The number of aryl methyl sites for hydroxylation is 1. The highest BCUT2D eigenvalue weighted by atomic mass is 32.2. The number of piperazine rings is 1. The third-order valence-corrected chi connectivity index (χ3v) is 6.99. The maximum atomic E-state index is 12.8. The first-order valence-corrected chi connectivity index (χ1v) is 10.3. The molecule has 3 rings (SSSR count). The van der Waals surface area contributed by atoms with E-state index >= 15 is 0 Å². The molecule has 1 aliphatic heterocycles. The number of hydrogen-bond acceptors (Lipinski definition) is 3. The van der Waals surface area contributed by atoms with Crippen molar-refractivity contribution in [3.8, 4) is 0 Å². The monoisotopic (exact) mass is 350 g/mol. The van der Waals surface area contributed by atoms with Gasteiger partial charge in [-0.2, -0.15) is 4.31 Å².